The third-order valence-corrected chi connectivity index (χ3v) is 5.09. The number of hydrogen-bond donors (Lipinski definition) is 2. The van der Waals surface area contributed by atoms with Crippen molar-refractivity contribution in [1.82, 2.24) is 30.1 Å². The summed E-state index contributed by atoms with van der Waals surface area (Å²) in [6.45, 7) is 11.4. The van der Waals surface area contributed by atoms with Gasteiger partial charge in [-0.25, -0.2) is 9.50 Å². The fraction of sp³-hybridized carbons (Fsp3) is 0.632. The zero-order chi connectivity index (χ0) is 18.7. The molecular weight excluding hydrogens is 328 g/mol. The number of nitrogens with one attached hydrogen (secondary N) is 2. The van der Waals surface area contributed by atoms with Gasteiger partial charge in [0, 0.05) is 42.6 Å². The van der Waals surface area contributed by atoms with Crippen molar-refractivity contribution in [2.45, 2.75) is 65.2 Å². The van der Waals surface area contributed by atoms with E-state index in [0.29, 0.717) is 23.3 Å². The first-order valence-corrected chi connectivity index (χ1v) is 9.63. The molecule has 2 aromatic rings. The number of rotatable bonds is 8. The van der Waals surface area contributed by atoms with Crippen LogP contribution in [0.5, 0.6) is 0 Å². The molecule has 0 radical (unpaired) electrons. The highest BCUT2D eigenvalue weighted by molar-refractivity contribution is 5.99. The molecule has 0 aromatic carbocycles. The van der Waals surface area contributed by atoms with Crippen LogP contribution in [0, 0.1) is 0 Å². The first kappa shape index (κ1) is 18.8. The quantitative estimate of drug-likeness (QED) is 0.753. The van der Waals surface area contributed by atoms with Gasteiger partial charge in [0.25, 0.3) is 5.91 Å². The summed E-state index contributed by atoms with van der Waals surface area (Å²) in [4.78, 5) is 19.5. The van der Waals surface area contributed by atoms with E-state index in [1.54, 1.807) is 10.7 Å². The van der Waals surface area contributed by atoms with Gasteiger partial charge in [0.2, 0.25) is 0 Å². The van der Waals surface area contributed by atoms with E-state index in [1.165, 1.54) is 0 Å². The van der Waals surface area contributed by atoms with Gasteiger partial charge in [-0.05, 0) is 25.9 Å². The minimum atomic E-state index is -0.0933. The highest BCUT2D eigenvalue weighted by atomic mass is 16.1. The molecule has 7 heteroatoms. The second-order valence-corrected chi connectivity index (χ2v) is 7.34. The zero-order valence-corrected chi connectivity index (χ0v) is 16.2. The summed E-state index contributed by atoms with van der Waals surface area (Å²) >= 11 is 0. The standard InChI is InChI=1S/C19H30N6O/c1-5-24(6-2)11-14-9-20-18-15(10-21-25(18)12-14)19(26)23-17-8-7-16(17)22-13(3)4/h9-10,12-13,16-17,22H,5-8,11H2,1-4H3,(H,23,26)/t16-,17+/m1/s1. The molecule has 0 bridgehead atoms. The Morgan fingerprint density at radius 1 is 1.27 bits per heavy atom. The molecule has 2 N–H and O–H groups in total. The Kier molecular flexibility index (Phi) is 5.88. The van der Waals surface area contributed by atoms with Crippen molar-refractivity contribution in [3.63, 3.8) is 0 Å². The van der Waals surface area contributed by atoms with Crippen molar-refractivity contribution in [1.29, 1.82) is 0 Å². The van der Waals surface area contributed by atoms with Gasteiger partial charge < -0.3 is 10.6 Å². The molecule has 2 atom stereocenters. The molecule has 0 unspecified atom stereocenters. The van der Waals surface area contributed by atoms with E-state index in [9.17, 15) is 4.79 Å². The van der Waals surface area contributed by atoms with Crippen molar-refractivity contribution in [2.75, 3.05) is 13.1 Å². The van der Waals surface area contributed by atoms with Gasteiger partial charge in [-0.1, -0.05) is 27.7 Å². The largest absolute Gasteiger partial charge is 0.348 e. The number of carbonyl (C=O) groups excluding carboxylic acids is 1. The fourth-order valence-electron chi connectivity index (χ4n) is 3.41. The van der Waals surface area contributed by atoms with Gasteiger partial charge in [-0.3, -0.25) is 9.69 Å². The smallest absolute Gasteiger partial charge is 0.257 e. The monoisotopic (exact) mass is 358 g/mol. The molecule has 1 amide bonds. The predicted octanol–water partition coefficient (Wildman–Crippen LogP) is 1.83. The molecule has 1 aliphatic rings. The Morgan fingerprint density at radius 2 is 2.00 bits per heavy atom. The highest BCUT2D eigenvalue weighted by Gasteiger charge is 2.33. The fourth-order valence-corrected chi connectivity index (χ4v) is 3.41. The Balaban J connectivity index is 1.69. The van der Waals surface area contributed by atoms with Gasteiger partial charge in [0.05, 0.1) is 6.20 Å². The molecule has 26 heavy (non-hydrogen) atoms. The van der Waals surface area contributed by atoms with Gasteiger partial charge >= 0.3 is 0 Å². The minimum absolute atomic E-state index is 0.0933. The number of fused-ring (bicyclic) bond motifs is 1. The summed E-state index contributed by atoms with van der Waals surface area (Å²) in [6.07, 6.45) is 7.53. The second kappa shape index (κ2) is 8.14. The van der Waals surface area contributed by atoms with Crippen LogP contribution in [0.3, 0.4) is 0 Å². The summed E-state index contributed by atoms with van der Waals surface area (Å²) in [6, 6.07) is 0.957. The zero-order valence-electron chi connectivity index (χ0n) is 16.2. The molecule has 1 fully saturated rings. The van der Waals surface area contributed by atoms with Crippen LogP contribution in [-0.2, 0) is 6.54 Å². The van der Waals surface area contributed by atoms with Crippen LogP contribution in [0.15, 0.2) is 18.6 Å². The van der Waals surface area contributed by atoms with Crippen LogP contribution in [-0.4, -0.2) is 56.6 Å². The number of nitrogens with zero attached hydrogens (tertiary/aromatic N) is 4. The average Bonchev–Trinajstić information content (AvgIpc) is 3.04. The Hall–Kier alpha value is -1.99. The maximum Gasteiger partial charge on any atom is 0.257 e. The Labute approximate surface area is 155 Å². The SMILES string of the molecule is CCN(CC)Cc1cnc2c(C(=O)N[C@H]3CC[C@H]3NC(C)C)cnn2c1. The van der Waals surface area contributed by atoms with E-state index in [0.717, 1.165) is 38.0 Å². The summed E-state index contributed by atoms with van der Waals surface area (Å²) in [5, 5.41) is 11.0. The van der Waals surface area contributed by atoms with Crippen LogP contribution < -0.4 is 10.6 Å². The molecule has 0 spiro atoms. The molecular formula is C19H30N6O. The summed E-state index contributed by atoms with van der Waals surface area (Å²) < 4.78 is 1.71. The van der Waals surface area contributed by atoms with Crippen LogP contribution in [0.4, 0.5) is 0 Å². The maximum atomic E-state index is 12.7. The number of hydrogen-bond acceptors (Lipinski definition) is 5. The van der Waals surface area contributed by atoms with E-state index in [1.807, 2.05) is 12.4 Å². The summed E-state index contributed by atoms with van der Waals surface area (Å²) in [7, 11) is 0. The number of aromatic nitrogens is 3. The van der Waals surface area contributed by atoms with Crippen molar-refractivity contribution < 1.29 is 4.79 Å². The average molecular weight is 358 g/mol. The molecule has 1 saturated carbocycles. The number of carbonyl (C=O) groups is 1. The highest BCUT2D eigenvalue weighted by Crippen LogP contribution is 2.21. The Bertz CT molecular complexity index is 752. The first-order valence-electron chi connectivity index (χ1n) is 9.63. The lowest BCUT2D eigenvalue weighted by atomic mass is 9.85. The molecule has 142 valence electrons. The lowest BCUT2D eigenvalue weighted by molar-refractivity contribution is 0.0892. The van der Waals surface area contributed by atoms with Crippen molar-refractivity contribution >= 4 is 11.6 Å². The lowest BCUT2D eigenvalue weighted by Crippen LogP contribution is -2.58. The molecule has 3 rings (SSSR count). The second-order valence-electron chi connectivity index (χ2n) is 7.34. The van der Waals surface area contributed by atoms with Crippen LogP contribution in [0.1, 0.15) is 56.5 Å². The van der Waals surface area contributed by atoms with E-state index >= 15 is 0 Å². The van der Waals surface area contributed by atoms with Gasteiger partial charge in [-0.2, -0.15) is 5.10 Å². The van der Waals surface area contributed by atoms with E-state index in [2.05, 4.69) is 53.3 Å². The van der Waals surface area contributed by atoms with E-state index in [4.69, 9.17) is 0 Å². The van der Waals surface area contributed by atoms with Crippen LogP contribution in [0.2, 0.25) is 0 Å². The van der Waals surface area contributed by atoms with Gasteiger partial charge in [0.15, 0.2) is 5.65 Å². The van der Waals surface area contributed by atoms with Crippen molar-refractivity contribution in [3.8, 4) is 0 Å². The molecule has 7 nitrogen and oxygen atoms in total. The molecule has 2 aromatic heterocycles. The van der Waals surface area contributed by atoms with Crippen LogP contribution in [0.25, 0.3) is 5.65 Å². The lowest BCUT2D eigenvalue weighted by Gasteiger charge is -2.39. The van der Waals surface area contributed by atoms with Crippen LogP contribution >= 0.6 is 0 Å². The summed E-state index contributed by atoms with van der Waals surface area (Å²) in [5.41, 5.74) is 2.24. The van der Waals surface area contributed by atoms with E-state index < -0.39 is 0 Å². The van der Waals surface area contributed by atoms with Gasteiger partial charge in [0.1, 0.15) is 5.56 Å². The molecule has 1 aliphatic carbocycles. The number of amides is 1. The summed E-state index contributed by atoms with van der Waals surface area (Å²) in [5.74, 6) is -0.0933. The molecule has 0 aliphatic heterocycles. The van der Waals surface area contributed by atoms with E-state index in [-0.39, 0.29) is 11.9 Å². The minimum Gasteiger partial charge on any atom is -0.348 e. The maximum absolute atomic E-state index is 12.7. The normalized spacial score (nSPS) is 19.9. The topological polar surface area (TPSA) is 74.6 Å². The van der Waals surface area contributed by atoms with Crippen molar-refractivity contribution in [3.05, 3.63) is 29.7 Å². The Morgan fingerprint density at radius 3 is 2.62 bits per heavy atom. The third-order valence-electron chi connectivity index (χ3n) is 5.09. The molecule has 0 saturated heterocycles. The first-order chi connectivity index (χ1) is 12.5. The molecule has 2 heterocycles. The van der Waals surface area contributed by atoms with Gasteiger partial charge in [-0.15, -0.1) is 0 Å². The third kappa shape index (κ3) is 4.04. The van der Waals surface area contributed by atoms with Crippen molar-refractivity contribution in [2.24, 2.45) is 0 Å². The predicted molar refractivity (Wildman–Crippen MR) is 102 cm³/mol.